The van der Waals surface area contributed by atoms with Crippen molar-refractivity contribution in [3.63, 3.8) is 0 Å². The van der Waals surface area contributed by atoms with Crippen LogP contribution in [0.1, 0.15) is 47.3 Å². The number of hydrogen-bond donors (Lipinski definition) is 2. The molecule has 2 aromatic carbocycles. The van der Waals surface area contributed by atoms with E-state index in [1.807, 2.05) is 19.1 Å². The van der Waals surface area contributed by atoms with Crippen molar-refractivity contribution in [2.24, 2.45) is 0 Å². The number of aromatic nitrogens is 1. The van der Waals surface area contributed by atoms with Gasteiger partial charge >= 0.3 is 0 Å². The summed E-state index contributed by atoms with van der Waals surface area (Å²) in [6, 6.07) is 15.7. The molecule has 3 aromatic rings. The molecule has 2 N–H and O–H groups in total. The van der Waals surface area contributed by atoms with Crippen LogP contribution in [0.5, 0.6) is 0 Å². The Bertz CT molecular complexity index is 1030. The first-order valence-corrected chi connectivity index (χ1v) is 11.3. The molecule has 162 valence electrons. The molecule has 0 radical (unpaired) electrons. The molecule has 1 aromatic heterocycles. The van der Waals surface area contributed by atoms with Gasteiger partial charge in [-0.15, -0.1) is 11.3 Å². The smallest absolute Gasteiger partial charge is 0.251 e. The molecule has 0 saturated carbocycles. The zero-order chi connectivity index (χ0) is 22.4. The van der Waals surface area contributed by atoms with Crippen molar-refractivity contribution in [2.75, 3.05) is 13.1 Å². The fourth-order valence-electron chi connectivity index (χ4n) is 3.13. The Labute approximate surface area is 187 Å². The summed E-state index contributed by atoms with van der Waals surface area (Å²) in [7, 11) is 0. The predicted octanol–water partition coefficient (Wildman–Crippen LogP) is 4.50. The molecule has 6 heteroatoms. The maximum atomic E-state index is 12.3. The summed E-state index contributed by atoms with van der Waals surface area (Å²) in [5, 5.41) is 8.63. The number of carbonyl (C=O) groups excluding carboxylic acids is 2. The number of aryl methyl sites for hydroxylation is 1. The second kappa shape index (κ2) is 9.88. The predicted molar refractivity (Wildman–Crippen MR) is 126 cm³/mol. The average Bonchev–Trinajstić information content (AvgIpc) is 3.18. The fourth-order valence-corrected chi connectivity index (χ4v) is 3.75. The lowest BCUT2D eigenvalue weighted by molar-refractivity contribution is -0.120. The van der Waals surface area contributed by atoms with Crippen molar-refractivity contribution in [2.45, 2.75) is 39.5 Å². The van der Waals surface area contributed by atoms with Crippen LogP contribution < -0.4 is 10.6 Å². The molecular weight excluding hydrogens is 406 g/mol. The molecule has 0 fully saturated rings. The molecular formula is C25H29N3O2S. The SMILES string of the molecule is Cc1nc(-c2ccc(CCNC(=O)CNC(=O)c3ccc(C(C)(C)C)cc3)cc2)cs1. The Kier molecular flexibility index (Phi) is 7.23. The van der Waals surface area contributed by atoms with Crippen LogP contribution in [0.3, 0.4) is 0 Å². The van der Waals surface area contributed by atoms with Crippen molar-refractivity contribution >= 4 is 23.2 Å². The van der Waals surface area contributed by atoms with Crippen molar-refractivity contribution in [3.05, 3.63) is 75.6 Å². The van der Waals surface area contributed by atoms with E-state index in [9.17, 15) is 9.59 Å². The van der Waals surface area contributed by atoms with Gasteiger partial charge in [-0.2, -0.15) is 0 Å². The number of carbonyl (C=O) groups is 2. The molecule has 3 rings (SSSR count). The molecule has 5 nitrogen and oxygen atoms in total. The van der Waals surface area contributed by atoms with Crippen molar-refractivity contribution < 1.29 is 9.59 Å². The number of hydrogen-bond acceptors (Lipinski definition) is 4. The first-order chi connectivity index (χ1) is 14.7. The van der Waals surface area contributed by atoms with Crippen molar-refractivity contribution in [1.82, 2.24) is 15.6 Å². The van der Waals surface area contributed by atoms with E-state index in [0.29, 0.717) is 12.1 Å². The van der Waals surface area contributed by atoms with Crippen LogP contribution in [-0.2, 0) is 16.6 Å². The molecule has 0 bridgehead atoms. The third-order valence-corrected chi connectivity index (χ3v) is 5.80. The summed E-state index contributed by atoms with van der Waals surface area (Å²) in [5.74, 6) is -0.447. The van der Waals surface area contributed by atoms with Gasteiger partial charge in [0.1, 0.15) is 0 Å². The van der Waals surface area contributed by atoms with E-state index in [2.05, 4.69) is 66.0 Å². The van der Waals surface area contributed by atoms with Gasteiger partial charge in [0.15, 0.2) is 0 Å². The Morgan fingerprint density at radius 3 is 2.23 bits per heavy atom. The van der Waals surface area contributed by atoms with Gasteiger partial charge in [-0.25, -0.2) is 4.98 Å². The van der Waals surface area contributed by atoms with Gasteiger partial charge < -0.3 is 10.6 Å². The van der Waals surface area contributed by atoms with Crippen LogP contribution in [-0.4, -0.2) is 29.9 Å². The maximum absolute atomic E-state index is 12.3. The first-order valence-electron chi connectivity index (χ1n) is 10.4. The van der Waals surface area contributed by atoms with E-state index in [0.717, 1.165) is 33.8 Å². The van der Waals surface area contributed by atoms with Crippen molar-refractivity contribution in [3.8, 4) is 11.3 Å². The second-order valence-electron chi connectivity index (χ2n) is 8.56. The van der Waals surface area contributed by atoms with E-state index in [1.54, 1.807) is 23.5 Å². The molecule has 0 unspecified atom stereocenters. The first kappa shape index (κ1) is 22.7. The molecule has 1 heterocycles. The largest absolute Gasteiger partial charge is 0.354 e. The van der Waals surface area contributed by atoms with E-state index >= 15 is 0 Å². The number of nitrogens with one attached hydrogen (secondary N) is 2. The van der Waals surface area contributed by atoms with Crippen LogP contribution in [0.2, 0.25) is 0 Å². The quantitative estimate of drug-likeness (QED) is 0.574. The van der Waals surface area contributed by atoms with Gasteiger partial charge in [-0.3, -0.25) is 9.59 Å². The van der Waals surface area contributed by atoms with Crippen LogP contribution in [0.15, 0.2) is 53.9 Å². The number of amides is 2. The van der Waals surface area contributed by atoms with Gasteiger partial charge in [0.25, 0.3) is 5.91 Å². The summed E-state index contributed by atoms with van der Waals surface area (Å²) in [4.78, 5) is 28.8. The number of rotatable bonds is 7. The highest BCUT2D eigenvalue weighted by Crippen LogP contribution is 2.23. The minimum atomic E-state index is -0.247. The third-order valence-electron chi connectivity index (χ3n) is 5.03. The minimum absolute atomic E-state index is 0.0368. The van der Waals surface area contributed by atoms with Gasteiger partial charge in [0.05, 0.1) is 17.2 Å². The fraction of sp³-hybridized carbons (Fsp3) is 0.320. The number of benzene rings is 2. The average molecular weight is 436 g/mol. The molecule has 0 spiro atoms. The lowest BCUT2D eigenvalue weighted by atomic mass is 9.87. The Balaban J connectivity index is 1.40. The van der Waals surface area contributed by atoms with Crippen LogP contribution in [0.4, 0.5) is 0 Å². The minimum Gasteiger partial charge on any atom is -0.354 e. The Hall–Kier alpha value is -2.99. The van der Waals surface area contributed by atoms with Crippen molar-refractivity contribution in [1.29, 1.82) is 0 Å². The molecule has 0 saturated heterocycles. The molecule has 31 heavy (non-hydrogen) atoms. The molecule has 0 aliphatic carbocycles. The maximum Gasteiger partial charge on any atom is 0.251 e. The Morgan fingerprint density at radius 1 is 0.968 bits per heavy atom. The van der Waals surface area contributed by atoms with Crippen LogP contribution in [0.25, 0.3) is 11.3 Å². The standard InChI is InChI=1S/C25H29N3O2S/c1-17-28-22(16-31-17)19-7-5-18(6-8-19)13-14-26-23(29)15-27-24(30)20-9-11-21(12-10-20)25(2,3)4/h5-12,16H,13-15H2,1-4H3,(H,26,29)(H,27,30). The topological polar surface area (TPSA) is 71.1 Å². The lowest BCUT2D eigenvalue weighted by Crippen LogP contribution is -2.37. The summed E-state index contributed by atoms with van der Waals surface area (Å²) >= 11 is 1.64. The van der Waals surface area contributed by atoms with Gasteiger partial charge in [0, 0.05) is 23.1 Å². The monoisotopic (exact) mass is 435 g/mol. The van der Waals surface area contributed by atoms with E-state index in [-0.39, 0.29) is 23.8 Å². The Morgan fingerprint density at radius 2 is 1.65 bits per heavy atom. The zero-order valence-corrected chi connectivity index (χ0v) is 19.3. The molecule has 0 aliphatic rings. The van der Waals surface area contributed by atoms with Gasteiger partial charge in [-0.1, -0.05) is 57.2 Å². The molecule has 0 aliphatic heterocycles. The van der Waals surface area contributed by atoms with E-state index < -0.39 is 0 Å². The van der Waals surface area contributed by atoms with E-state index in [4.69, 9.17) is 0 Å². The number of nitrogens with zero attached hydrogens (tertiary/aromatic N) is 1. The van der Waals surface area contributed by atoms with Gasteiger partial charge in [0.2, 0.25) is 5.91 Å². The highest BCUT2D eigenvalue weighted by Gasteiger charge is 2.14. The van der Waals surface area contributed by atoms with E-state index in [1.165, 1.54) is 0 Å². The molecule has 2 amide bonds. The molecule has 0 atom stereocenters. The summed E-state index contributed by atoms with van der Waals surface area (Å²) in [6.07, 6.45) is 0.727. The second-order valence-corrected chi connectivity index (χ2v) is 9.62. The zero-order valence-electron chi connectivity index (χ0n) is 18.5. The summed E-state index contributed by atoms with van der Waals surface area (Å²) in [5.41, 5.74) is 4.97. The highest BCUT2D eigenvalue weighted by molar-refractivity contribution is 7.09. The normalized spacial score (nSPS) is 11.2. The van der Waals surface area contributed by atoms with Gasteiger partial charge in [-0.05, 0) is 42.0 Å². The number of thiazole rings is 1. The highest BCUT2D eigenvalue weighted by atomic mass is 32.1. The lowest BCUT2D eigenvalue weighted by Gasteiger charge is -2.19. The van der Waals surface area contributed by atoms with Crippen LogP contribution in [0, 0.1) is 6.92 Å². The summed E-state index contributed by atoms with van der Waals surface area (Å²) in [6.45, 7) is 8.86. The van der Waals surface area contributed by atoms with Crippen LogP contribution >= 0.6 is 11.3 Å². The summed E-state index contributed by atoms with van der Waals surface area (Å²) < 4.78 is 0. The third kappa shape index (κ3) is 6.49.